The Morgan fingerprint density at radius 2 is 0.609 bits per heavy atom. The summed E-state index contributed by atoms with van der Waals surface area (Å²) in [5.41, 5.74) is 17.0. The van der Waals surface area contributed by atoms with Gasteiger partial charge in [0.15, 0.2) is 0 Å². The van der Waals surface area contributed by atoms with Gasteiger partial charge in [-0.15, -0.1) is 0 Å². The summed E-state index contributed by atoms with van der Waals surface area (Å²) in [6.07, 6.45) is 0. The second kappa shape index (κ2) is 15.8. The van der Waals surface area contributed by atoms with Gasteiger partial charge in [0.2, 0.25) is 0 Å². The van der Waals surface area contributed by atoms with Crippen molar-refractivity contribution in [1.82, 2.24) is 0 Å². The van der Waals surface area contributed by atoms with Crippen molar-refractivity contribution in [2.45, 2.75) is 0 Å². The van der Waals surface area contributed by atoms with E-state index in [-0.39, 0.29) is 0 Å². The molecule has 12 rings (SSSR count). The molecule has 12 aromatic rings. The molecule has 0 unspecified atom stereocenters. The van der Waals surface area contributed by atoms with Crippen LogP contribution in [0.1, 0.15) is 0 Å². The van der Waals surface area contributed by atoms with Crippen LogP contribution in [0.4, 0.5) is 17.1 Å². The zero-order valence-corrected chi connectivity index (χ0v) is 35.0. The Bertz CT molecular complexity index is 3480. The van der Waals surface area contributed by atoms with Crippen molar-refractivity contribution in [1.29, 1.82) is 0 Å². The smallest absolute Gasteiger partial charge is 0.135 e. The first-order valence-electron chi connectivity index (χ1n) is 21.9. The van der Waals surface area contributed by atoms with Crippen molar-refractivity contribution in [2.24, 2.45) is 0 Å². The van der Waals surface area contributed by atoms with Gasteiger partial charge in [0.1, 0.15) is 11.2 Å². The van der Waals surface area contributed by atoms with E-state index in [1.165, 1.54) is 66.1 Å². The lowest BCUT2D eigenvalue weighted by atomic mass is 9.95. The summed E-state index contributed by atoms with van der Waals surface area (Å²) in [5.74, 6) is 0. The molecule has 1 aromatic heterocycles. The summed E-state index contributed by atoms with van der Waals surface area (Å²) in [6.45, 7) is 0. The molecule has 0 saturated carbocycles. The molecule has 2 heteroatoms. The van der Waals surface area contributed by atoms with Crippen molar-refractivity contribution in [3.05, 3.63) is 249 Å². The molecule has 0 spiro atoms. The Balaban J connectivity index is 0.903. The number of hydrogen-bond acceptors (Lipinski definition) is 2. The zero-order chi connectivity index (χ0) is 42.4. The molecule has 0 amide bonds. The maximum Gasteiger partial charge on any atom is 0.135 e. The van der Waals surface area contributed by atoms with E-state index >= 15 is 0 Å². The van der Waals surface area contributed by atoms with Crippen molar-refractivity contribution >= 4 is 60.5 Å². The summed E-state index contributed by atoms with van der Waals surface area (Å²) < 4.78 is 6.14. The Hall–Kier alpha value is -8.46. The van der Waals surface area contributed by atoms with E-state index in [0.29, 0.717) is 0 Å². The van der Waals surface area contributed by atoms with Gasteiger partial charge in [0, 0.05) is 27.8 Å². The molecule has 0 bridgehead atoms. The normalized spacial score (nSPS) is 11.4. The third kappa shape index (κ3) is 6.79. The molecular weight excluding hydrogens is 775 g/mol. The van der Waals surface area contributed by atoms with Crippen LogP contribution < -0.4 is 4.90 Å². The molecule has 0 aliphatic heterocycles. The molecule has 2 nitrogen and oxygen atoms in total. The van der Waals surface area contributed by atoms with Gasteiger partial charge in [-0.25, -0.2) is 0 Å². The van der Waals surface area contributed by atoms with Gasteiger partial charge in [-0.2, -0.15) is 0 Å². The Morgan fingerprint density at radius 1 is 0.234 bits per heavy atom. The summed E-state index contributed by atoms with van der Waals surface area (Å²) in [4.78, 5) is 2.35. The molecule has 0 atom stereocenters. The van der Waals surface area contributed by atoms with Crippen LogP contribution in [-0.2, 0) is 0 Å². The molecule has 300 valence electrons. The summed E-state index contributed by atoms with van der Waals surface area (Å²) in [5, 5.41) is 7.28. The lowest BCUT2D eigenvalue weighted by Crippen LogP contribution is -2.09. The van der Waals surface area contributed by atoms with E-state index in [1.807, 2.05) is 12.1 Å². The van der Waals surface area contributed by atoms with Crippen molar-refractivity contribution in [2.75, 3.05) is 4.90 Å². The van der Waals surface area contributed by atoms with Crippen LogP contribution in [0.2, 0.25) is 0 Å². The van der Waals surface area contributed by atoms with Crippen molar-refractivity contribution in [3.8, 4) is 55.6 Å². The zero-order valence-electron chi connectivity index (χ0n) is 35.0. The minimum absolute atomic E-state index is 0.903. The topological polar surface area (TPSA) is 16.4 Å². The number of benzene rings is 11. The van der Waals surface area contributed by atoms with Gasteiger partial charge in [0.05, 0.1) is 0 Å². The van der Waals surface area contributed by atoms with Gasteiger partial charge in [-0.05, 0) is 144 Å². The summed E-state index contributed by atoms with van der Waals surface area (Å²) >= 11 is 0. The molecule has 0 aliphatic rings. The molecule has 0 radical (unpaired) electrons. The van der Waals surface area contributed by atoms with E-state index < -0.39 is 0 Å². The lowest BCUT2D eigenvalue weighted by Gasteiger charge is -2.26. The molecule has 0 fully saturated rings. The summed E-state index contributed by atoms with van der Waals surface area (Å²) in [6, 6.07) is 89.7. The van der Waals surface area contributed by atoms with Crippen molar-refractivity contribution < 1.29 is 4.42 Å². The number of nitrogens with zero attached hydrogens (tertiary/aromatic N) is 1. The van der Waals surface area contributed by atoms with Crippen LogP contribution in [-0.4, -0.2) is 0 Å². The fourth-order valence-electron chi connectivity index (χ4n) is 9.45. The third-order valence-electron chi connectivity index (χ3n) is 12.7. The number of hydrogen-bond donors (Lipinski definition) is 0. The van der Waals surface area contributed by atoms with E-state index in [9.17, 15) is 0 Å². The fourth-order valence-corrected chi connectivity index (χ4v) is 9.45. The molecule has 1 heterocycles. The van der Waals surface area contributed by atoms with E-state index in [1.54, 1.807) is 0 Å². The first-order chi connectivity index (χ1) is 31.7. The van der Waals surface area contributed by atoms with Crippen LogP contribution in [0.3, 0.4) is 0 Å². The quantitative estimate of drug-likeness (QED) is 0.152. The number of anilines is 3. The average Bonchev–Trinajstić information content (AvgIpc) is 3.75. The lowest BCUT2D eigenvalue weighted by molar-refractivity contribution is 0.669. The van der Waals surface area contributed by atoms with Gasteiger partial charge in [0.25, 0.3) is 0 Å². The van der Waals surface area contributed by atoms with Crippen LogP contribution >= 0.6 is 0 Å². The number of furan rings is 1. The molecule has 0 saturated heterocycles. The highest BCUT2D eigenvalue weighted by Gasteiger charge is 2.16. The number of rotatable bonds is 8. The Kier molecular flexibility index (Phi) is 9.20. The van der Waals surface area contributed by atoms with Gasteiger partial charge < -0.3 is 9.32 Å². The molecular formula is C62H41NO. The monoisotopic (exact) mass is 815 g/mol. The first-order valence-corrected chi connectivity index (χ1v) is 21.9. The van der Waals surface area contributed by atoms with E-state index in [0.717, 1.165) is 50.1 Å². The third-order valence-corrected chi connectivity index (χ3v) is 12.7. The molecule has 64 heavy (non-hydrogen) atoms. The molecule has 0 aliphatic carbocycles. The van der Waals surface area contributed by atoms with E-state index in [4.69, 9.17) is 4.42 Å². The maximum atomic E-state index is 6.14. The van der Waals surface area contributed by atoms with Crippen LogP contribution in [0.25, 0.3) is 99.1 Å². The van der Waals surface area contributed by atoms with Gasteiger partial charge >= 0.3 is 0 Å². The first kappa shape index (κ1) is 37.3. The minimum atomic E-state index is 0.903. The molecule has 11 aromatic carbocycles. The fraction of sp³-hybridized carbons (Fsp3) is 0. The summed E-state index contributed by atoms with van der Waals surface area (Å²) in [7, 11) is 0. The average molecular weight is 816 g/mol. The number of fused-ring (bicyclic) bond motifs is 5. The second-order valence-corrected chi connectivity index (χ2v) is 16.5. The SMILES string of the molecule is c1cc(-c2ccc(N(c3ccc(-c4cccc(-c5cccc6ccccc56)c4)cc3)c3ccc(-c4ccc5oc6ccccc6c5c4)cc3)cc2)cc(-c2cccc3ccccc23)c1. The second-order valence-electron chi connectivity index (χ2n) is 16.5. The van der Waals surface area contributed by atoms with Crippen LogP contribution in [0.15, 0.2) is 253 Å². The molecule has 0 N–H and O–H groups in total. The van der Waals surface area contributed by atoms with E-state index in [2.05, 4.69) is 241 Å². The predicted octanol–water partition coefficient (Wildman–Crippen LogP) is 17.7. The number of para-hydroxylation sites is 1. The maximum absolute atomic E-state index is 6.14. The van der Waals surface area contributed by atoms with Gasteiger partial charge in [-0.3, -0.25) is 0 Å². The van der Waals surface area contributed by atoms with Crippen LogP contribution in [0.5, 0.6) is 0 Å². The predicted molar refractivity (Wildman–Crippen MR) is 271 cm³/mol. The standard InChI is InChI=1S/C62H41NO/c1-3-19-55-45(11-1)13-9-22-57(55)50-17-7-15-47(39-50)42-25-32-52(33-26-42)63(54-36-29-44(30-37-54)49-31-38-62-60(41-49)59-21-5-6-24-61(59)64-62)53-34-27-43(28-35-53)48-16-8-18-51(40-48)58-23-10-14-46-12-2-4-20-56(46)58/h1-41H. The van der Waals surface area contributed by atoms with Crippen molar-refractivity contribution in [3.63, 3.8) is 0 Å². The van der Waals surface area contributed by atoms with Gasteiger partial charge in [-0.1, -0.05) is 182 Å². The highest BCUT2D eigenvalue weighted by atomic mass is 16.3. The highest BCUT2D eigenvalue weighted by Crippen LogP contribution is 2.40. The Labute approximate surface area is 372 Å². The largest absolute Gasteiger partial charge is 0.456 e. The minimum Gasteiger partial charge on any atom is -0.456 e. The highest BCUT2D eigenvalue weighted by molar-refractivity contribution is 6.06. The van der Waals surface area contributed by atoms with Crippen LogP contribution in [0, 0.1) is 0 Å². The Morgan fingerprint density at radius 3 is 1.12 bits per heavy atom.